The number of allylic oxidation sites excluding steroid dienone is 1. The van der Waals surface area contributed by atoms with Crippen molar-refractivity contribution in [1.82, 2.24) is 4.90 Å². The quantitative estimate of drug-likeness (QED) is 0.489. The van der Waals surface area contributed by atoms with Gasteiger partial charge in [0.1, 0.15) is 6.73 Å². The van der Waals surface area contributed by atoms with Crippen molar-refractivity contribution in [1.29, 1.82) is 0 Å². The summed E-state index contributed by atoms with van der Waals surface area (Å²) in [5.74, 6) is 0.444. The van der Waals surface area contributed by atoms with Crippen molar-refractivity contribution in [3.8, 4) is 0 Å². The van der Waals surface area contributed by atoms with E-state index in [1.807, 2.05) is 6.08 Å². The van der Waals surface area contributed by atoms with Crippen LogP contribution in [0.5, 0.6) is 0 Å². The van der Waals surface area contributed by atoms with Gasteiger partial charge in [-0.3, -0.25) is 9.69 Å². The molecule has 0 radical (unpaired) electrons. The van der Waals surface area contributed by atoms with Crippen molar-refractivity contribution in [2.45, 2.75) is 19.8 Å². The third kappa shape index (κ3) is 3.59. The summed E-state index contributed by atoms with van der Waals surface area (Å²) in [7, 11) is 0. The number of hydrogen-bond donors (Lipinski definition) is 0. The van der Waals surface area contributed by atoms with Gasteiger partial charge in [-0.15, -0.1) is 6.58 Å². The van der Waals surface area contributed by atoms with Crippen LogP contribution in [0.15, 0.2) is 12.7 Å². The van der Waals surface area contributed by atoms with Gasteiger partial charge in [-0.2, -0.15) is 0 Å². The van der Waals surface area contributed by atoms with Gasteiger partial charge in [-0.05, 0) is 18.8 Å². The normalized spacial score (nSPS) is 19.8. The van der Waals surface area contributed by atoms with Crippen molar-refractivity contribution in [2.75, 3.05) is 19.8 Å². The monoisotopic (exact) mass is 183 g/mol. The number of rotatable bonds is 3. The van der Waals surface area contributed by atoms with Crippen LogP contribution in [0, 0.1) is 5.92 Å². The number of hydrogen-bond acceptors (Lipinski definition) is 3. The van der Waals surface area contributed by atoms with Crippen molar-refractivity contribution in [3.63, 3.8) is 0 Å². The second-order valence-corrected chi connectivity index (χ2v) is 3.46. The Kier molecular flexibility index (Phi) is 3.96. The molecule has 0 aliphatic carbocycles. The lowest BCUT2D eigenvalue weighted by Crippen LogP contribution is -2.35. The zero-order valence-corrected chi connectivity index (χ0v) is 8.16. The maximum absolute atomic E-state index is 10.5. The molecule has 1 heterocycles. The molecule has 0 atom stereocenters. The SMILES string of the molecule is C=CC1CCN(COC(C)=O)CC1. The highest BCUT2D eigenvalue weighted by atomic mass is 16.5. The summed E-state index contributed by atoms with van der Waals surface area (Å²) in [5, 5.41) is 0. The van der Waals surface area contributed by atoms with Crippen molar-refractivity contribution in [2.24, 2.45) is 5.92 Å². The predicted octanol–water partition coefficient (Wildman–Crippen LogP) is 1.41. The third-order valence-electron chi connectivity index (χ3n) is 2.42. The van der Waals surface area contributed by atoms with Crippen molar-refractivity contribution in [3.05, 3.63) is 12.7 Å². The van der Waals surface area contributed by atoms with Gasteiger partial charge in [0.2, 0.25) is 0 Å². The number of nitrogens with zero attached hydrogens (tertiary/aromatic N) is 1. The predicted molar refractivity (Wildman–Crippen MR) is 51.1 cm³/mol. The highest BCUT2D eigenvalue weighted by molar-refractivity contribution is 5.65. The Bertz CT molecular complexity index is 183. The van der Waals surface area contributed by atoms with Crippen LogP contribution in [0.2, 0.25) is 0 Å². The molecular formula is C10H17NO2. The fourth-order valence-electron chi connectivity index (χ4n) is 1.50. The number of esters is 1. The number of piperidine rings is 1. The largest absolute Gasteiger partial charge is 0.450 e. The average molecular weight is 183 g/mol. The molecule has 74 valence electrons. The lowest BCUT2D eigenvalue weighted by molar-refractivity contribution is -0.146. The van der Waals surface area contributed by atoms with Gasteiger partial charge in [0, 0.05) is 20.0 Å². The van der Waals surface area contributed by atoms with E-state index in [1.165, 1.54) is 6.92 Å². The summed E-state index contributed by atoms with van der Waals surface area (Å²) in [6.07, 6.45) is 4.28. The Labute approximate surface area is 79.4 Å². The molecule has 0 bridgehead atoms. The van der Waals surface area contributed by atoms with Crippen molar-refractivity contribution < 1.29 is 9.53 Å². The highest BCUT2D eigenvalue weighted by Crippen LogP contribution is 2.17. The van der Waals surface area contributed by atoms with Gasteiger partial charge in [-0.1, -0.05) is 6.08 Å². The molecule has 1 aliphatic heterocycles. The molecule has 0 spiro atoms. The van der Waals surface area contributed by atoms with E-state index in [0.717, 1.165) is 25.9 Å². The van der Waals surface area contributed by atoms with Gasteiger partial charge < -0.3 is 4.74 Å². The van der Waals surface area contributed by atoms with Gasteiger partial charge in [-0.25, -0.2) is 0 Å². The molecule has 0 aromatic heterocycles. The molecule has 0 unspecified atom stereocenters. The number of ether oxygens (including phenoxy) is 1. The van der Waals surface area contributed by atoms with Crippen LogP contribution in [0.25, 0.3) is 0 Å². The smallest absolute Gasteiger partial charge is 0.303 e. The molecule has 1 aliphatic rings. The summed E-state index contributed by atoms with van der Waals surface area (Å²) in [5.41, 5.74) is 0. The molecule has 1 rings (SSSR count). The van der Waals surface area contributed by atoms with Gasteiger partial charge in [0.05, 0.1) is 0 Å². The first kappa shape index (κ1) is 10.3. The van der Waals surface area contributed by atoms with Gasteiger partial charge in [0.15, 0.2) is 0 Å². The minimum atomic E-state index is -0.203. The van der Waals surface area contributed by atoms with E-state index in [4.69, 9.17) is 4.74 Å². The molecule has 1 saturated heterocycles. The molecule has 0 aromatic carbocycles. The third-order valence-corrected chi connectivity index (χ3v) is 2.42. The summed E-state index contributed by atoms with van der Waals surface area (Å²) in [6.45, 7) is 7.67. The van der Waals surface area contributed by atoms with E-state index in [1.54, 1.807) is 0 Å². The topological polar surface area (TPSA) is 29.5 Å². The Morgan fingerprint density at radius 3 is 2.69 bits per heavy atom. The minimum absolute atomic E-state index is 0.203. The van der Waals surface area contributed by atoms with E-state index < -0.39 is 0 Å². The van der Waals surface area contributed by atoms with Crippen LogP contribution in [0.4, 0.5) is 0 Å². The average Bonchev–Trinajstić information content (AvgIpc) is 2.15. The fourth-order valence-corrected chi connectivity index (χ4v) is 1.50. The first-order valence-electron chi connectivity index (χ1n) is 4.70. The maximum atomic E-state index is 10.5. The van der Waals surface area contributed by atoms with Crippen LogP contribution < -0.4 is 0 Å². The first-order chi connectivity index (χ1) is 6.22. The second kappa shape index (κ2) is 5.02. The van der Waals surface area contributed by atoms with Crippen LogP contribution in [0.1, 0.15) is 19.8 Å². The number of carbonyl (C=O) groups is 1. The maximum Gasteiger partial charge on any atom is 0.303 e. The first-order valence-corrected chi connectivity index (χ1v) is 4.70. The molecule has 1 fully saturated rings. The Morgan fingerprint density at radius 1 is 1.62 bits per heavy atom. The molecule has 13 heavy (non-hydrogen) atoms. The summed E-state index contributed by atoms with van der Waals surface area (Å²) >= 11 is 0. The summed E-state index contributed by atoms with van der Waals surface area (Å²) in [4.78, 5) is 12.7. The van der Waals surface area contributed by atoms with Gasteiger partial charge >= 0.3 is 5.97 Å². The number of carbonyl (C=O) groups excluding carboxylic acids is 1. The van der Waals surface area contributed by atoms with E-state index in [2.05, 4.69) is 11.5 Å². The van der Waals surface area contributed by atoms with Crippen LogP contribution in [0.3, 0.4) is 0 Å². The second-order valence-electron chi connectivity index (χ2n) is 3.46. The van der Waals surface area contributed by atoms with E-state index >= 15 is 0 Å². The molecular weight excluding hydrogens is 166 g/mol. The summed E-state index contributed by atoms with van der Waals surface area (Å²) in [6, 6.07) is 0. The Balaban J connectivity index is 2.17. The highest BCUT2D eigenvalue weighted by Gasteiger charge is 2.16. The molecule has 0 saturated carbocycles. The zero-order chi connectivity index (χ0) is 9.68. The lowest BCUT2D eigenvalue weighted by atomic mass is 9.98. The fraction of sp³-hybridized carbons (Fsp3) is 0.700. The van der Waals surface area contributed by atoms with Crippen LogP contribution in [-0.4, -0.2) is 30.7 Å². The van der Waals surface area contributed by atoms with E-state index in [-0.39, 0.29) is 5.97 Å². The van der Waals surface area contributed by atoms with Crippen LogP contribution in [-0.2, 0) is 9.53 Å². The lowest BCUT2D eigenvalue weighted by Gasteiger charge is -2.29. The van der Waals surface area contributed by atoms with Crippen molar-refractivity contribution >= 4 is 5.97 Å². The Morgan fingerprint density at radius 2 is 2.23 bits per heavy atom. The molecule has 3 nitrogen and oxygen atoms in total. The standard InChI is InChI=1S/C10H17NO2/c1-3-10-4-6-11(7-5-10)8-13-9(2)12/h3,10H,1,4-8H2,2H3. The van der Waals surface area contributed by atoms with Gasteiger partial charge in [0.25, 0.3) is 0 Å². The Hall–Kier alpha value is -0.830. The summed E-state index contributed by atoms with van der Waals surface area (Å²) < 4.78 is 4.91. The molecule has 0 amide bonds. The van der Waals surface area contributed by atoms with E-state index in [0.29, 0.717) is 12.6 Å². The molecule has 0 aromatic rings. The molecule has 3 heteroatoms. The number of likely N-dealkylation sites (tertiary alicyclic amines) is 1. The molecule has 0 N–H and O–H groups in total. The van der Waals surface area contributed by atoms with E-state index in [9.17, 15) is 4.79 Å². The zero-order valence-electron chi connectivity index (χ0n) is 8.16. The minimum Gasteiger partial charge on any atom is -0.450 e. The van der Waals surface area contributed by atoms with Crippen LogP contribution >= 0.6 is 0 Å².